The number of hydrogen-bond acceptors (Lipinski definition) is 4. The maximum Gasteiger partial charge on any atom is 0.348 e. The lowest BCUT2D eigenvalue weighted by atomic mass is 10.1. The van der Waals surface area contributed by atoms with Crippen LogP contribution in [0, 0.1) is 0 Å². The average Bonchev–Trinajstić information content (AvgIpc) is 2.52. The Hall–Kier alpha value is -1.45. The van der Waals surface area contributed by atoms with Crippen LogP contribution in [0.25, 0.3) is 0 Å². The maximum absolute atomic E-state index is 11.6. The van der Waals surface area contributed by atoms with Crippen molar-refractivity contribution in [2.45, 2.75) is 38.9 Å². The lowest BCUT2D eigenvalue weighted by molar-refractivity contribution is -0.221. The van der Waals surface area contributed by atoms with E-state index in [-0.39, 0.29) is 11.5 Å². The number of esters is 1. The first-order valence-corrected chi connectivity index (χ1v) is 5.04. The van der Waals surface area contributed by atoms with Crippen molar-refractivity contribution in [3.05, 3.63) is 23.2 Å². The van der Waals surface area contributed by atoms with E-state index in [1.807, 2.05) is 6.08 Å². The number of aliphatic hydroxyl groups is 1. The number of cyclic esters (lactones) is 1. The Bertz CT molecular complexity index is 363. The summed E-state index contributed by atoms with van der Waals surface area (Å²) in [5.41, 5.74) is 1.01. The second-order valence-electron chi connectivity index (χ2n) is 4.19. The summed E-state index contributed by atoms with van der Waals surface area (Å²) in [5, 5.41) is 9.65. The minimum atomic E-state index is -1.08. The van der Waals surface area contributed by atoms with Crippen LogP contribution in [-0.4, -0.2) is 16.9 Å². The quantitative estimate of drug-likeness (QED) is 0.674. The van der Waals surface area contributed by atoms with Gasteiger partial charge in [-0.05, 0) is 24.8 Å². The summed E-state index contributed by atoms with van der Waals surface area (Å²) >= 11 is 0. The Labute approximate surface area is 88.2 Å². The zero-order valence-electron chi connectivity index (χ0n) is 8.87. The molecule has 2 rings (SSSR count). The van der Waals surface area contributed by atoms with Crippen molar-refractivity contribution in [3.63, 3.8) is 0 Å². The molecule has 0 aromatic heterocycles. The standard InChI is InChI=1S/C11H14O4/c1-11(2)14-9(12)8(10(13)15-11)7-5-3-4-6-7/h5,12H,3-4,6H2,1-2H3. The molecule has 0 aromatic rings. The Balaban J connectivity index is 2.34. The first-order chi connectivity index (χ1) is 6.99. The summed E-state index contributed by atoms with van der Waals surface area (Å²) < 4.78 is 10.2. The fourth-order valence-electron chi connectivity index (χ4n) is 1.83. The van der Waals surface area contributed by atoms with Crippen LogP contribution in [0.2, 0.25) is 0 Å². The van der Waals surface area contributed by atoms with Gasteiger partial charge in [-0.2, -0.15) is 0 Å². The van der Waals surface area contributed by atoms with Gasteiger partial charge in [0.2, 0.25) is 0 Å². The lowest BCUT2D eigenvalue weighted by Crippen LogP contribution is -2.37. The highest BCUT2D eigenvalue weighted by Crippen LogP contribution is 2.33. The van der Waals surface area contributed by atoms with Gasteiger partial charge in [-0.1, -0.05) is 6.08 Å². The summed E-state index contributed by atoms with van der Waals surface area (Å²) in [6.45, 7) is 3.17. The number of rotatable bonds is 1. The molecule has 15 heavy (non-hydrogen) atoms. The highest BCUT2D eigenvalue weighted by molar-refractivity contribution is 5.94. The molecule has 1 aliphatic heterocycles. The van der Waals surface area contributed by atoms with Gasteiger partial charge in [0, 0.05) is 13.8 Å². The van der Waals surface area contributed by atoms with Crippen LogP contribution < -0.4 is 0 Å². The molecule has 1 aliphatic carbocycles. The van der Waals surface area contributed by atoms with E-state index in [0.717, 1.165) is 24.8 Å². The first kappa shape index (κ1) is 10.1. The van der Waals surface area contributed by atoms with Crippen LogP contribution in [0.15, 0.2) is 23.2 Å². The summed E-state index contributed by atoms with van der Waals surface area (Å²) in [6, 6.07) is 0. The zero-order chi connectivity index (χ0) is 11.1. The molecule has 0 radical (unpaired) electrons. The molecule has 1 heterocycles. The van der Waals surface area contributed by atoms with Gasteiger partial charge in [0.1, 0.15) is 5.57 Å². The minimum absolute atomic E-state index is 0.187. The molecule has 0 unspecified atom stereocenters. The van der Waals surface area contributed by atoms with Crippen molar-refractivity contribution in [2.75, 3.05) is 0 Å². The Morgan fingerprint density at radius 2 is 2.13 bits per heavy atom. The molecule has 1 N–H and O–H groups in total. The Kier molecular flexibility index (Phi) is 2.21. The van der Waals surface area contributed by atoms with E-state index in [4.69, 9.17) is 9.47 Å². The number of allylic oxidation sites excluding steroid dienone is 1. The highest BCUT2D eigenvalue weighted by Gasteiger charge is 2.37. The topological polar surface area (TPSA) is 55.8 Å². The SMILES string of the molecule is CC1(C)OC(=O)C(C2=CCCC2)=C(O)O1. The van der Waals surface area contributed by atoms with Crippen LogP contribution in [-0.2, 0) is 14.3 Å². The summed E-state index contributed by atoms with van der Waals surface area (Å²) in [7, 11) is 0. The summed E-state index contributed by atoms with van der Waals surface area (Å²) in [5.74, 6) is -1.90. The molecule has 2 aliphatic rings. The van der Waals surface area contributed by atoms with E-state index in [9.17, 15) is 9.90 Å². The first-order valence-electron chi connectivity index (χ1n) is 5.04. The fraction of sp³-hybridized carbons (Fsp3) is 0.545. The van der Waals surface area contributed by atoms with E-state index in [2.05, 4.69) is 0 Å². The van der Waals surface area contributed by atoms with Crippen molar-refractivity contribution in [2.24, 2.45) is 0 Å². The van der Waals surface area contributed by atoms with Gasteiger partial charge in [0.05, 0.1) is 0 Å². The molecule has 4 nitrogen and oxygen atoms in total. The lowest BCUT2D eigenvalue weighted by Gasteiger charge is -2.30. The van der Waals surface area contributed by atoms with Gasteiger partial charge in [-0.15, -0.1) is 0 Å². The van der Waals surface area contributed by atoms with Crippen LogP contribution in [0.1, 0.15) is 33.1 Å². The van der Waals surface area contributed by atoms with Crippen molar-refractivity contribution < 1.29 is 19.4 Å². The number of carbonyl (C=O) groups is 1. The predicted octanol–water partition coefficient (Wildman–Crippen LogP) is 2.18. The second-order valence-corrected chi connectivity index (χ2v) is 4.19. The molecule has 0 atom stereocenters. The highest BCUT2D eigenvalue weighted by atomic mass is 16.8. The molecular formula is C11H14O4. The van der Waals surface area contributed by atoms with E-state index >= 15 is 0 Å². The van der Waals surface area contributed by atoms with Gasteiger partial charge in [0.15, 0.2) is 0 Å². The van der Waals surface area contributed by atoms with Gasteiger partial charge >= 0.3 is 5.97 Å². The second kappa shape index (κ2) is 3.29. The van der Waals surface area contributed by atoms with Gasteiger partial charge < -0.3 is 14.6 Å². The maximum atomic E-state index is 11.6. The smallest absolute Gasteiger partial charge is 0.348 e. The summed E-state index contributed by atoms with van der Waals surface area (Å²) in [6.07, 6.45) is 4.67. The minimum Gasteiger partial charge on any atom is -0.480 e. The number of carbonyl (C=O) groups excluding carboxylic acids is 1. The molecule has 0 spiro atoms. The zero-order valence-corrected chi connectivity index (χ0v) is 8.87. The van der Waals surface area contributed by atoms with Crippen molar-refractivity contribution in [1.82, 2.24) is 0 Å². The molecule has 4 heteroatoms. The van der Waals surface area contributed by atoms with Gasteiger partial charge in [-0.25, -0.2) is 4.79 Å². The van der Waals surface area contributed by atoms with E-state index < -0.39 is 11.8 Å². The van der Waals surface area contributed by atoms with E-state index in [1.54, 1.807) is 13.8 Å². The Morgan fingerprint density at radius 3 is 2.67 bits per heavy atom. The molecule has 0 fully saturated rings. The van der Waals surface area contributed by atoms with Crippen molar-refractivity contribution >= 4 is 5.97 Å². The molecule has 0 aromatic carbocycles. The Morgan fingerprint density at radius 1 is 1.40 bits per heavy atom. The van der Waals surface area contributed by atoms with Crippen molar-refractivity contribution in [1.29, 1.82) is 0 Å². The summed E-state index contributed by atoms with van der Waals surface area (Å²) in [4.78, 5) is 11.6. The largest absolute Gasteiger partial charge is 0.480 e. The third kappa shape index (κ3) is 1.84. The molecule has 0 saturated heterocycles. The normalized spacial score (nSPS) is 24.7. The van der Waals surface area contributed by atoms with Crippen LogP contribution in [0.3, 0.4) is 0 Å². The van der Waals surface area contributed by atoms with E-state index in [1.165, 1.54) is 0 Å². The molecule has 82 valence electrons. The van der Waals surface area contributed by atoms with Crippen LogP contribution >= 0.6 is 0 Å². The monoisotopic (exact) mass is 210 g/mol. The predicted molar refractivity (Wildman–Crippen MR) is 52.8 cm³/mol. The number of ether oxygens (including phenoxy) is 2. The molecule has 0 bridgehead atoms. The third-order valence-electron chi connectivity index (χ3n) is 2.46. The average molecular weight is 210 g/mol. The van der Waals surface area contributed by atoms with Gasteiger partial charge in [0.25, 0.3) is 11.7 Å². The molecule has 0 amide bonds. The van der Waals surface area contributed by atoms with E-state index in [0.29, 0.717) is 0 Å². The van der Waals surface area contributed by atoms with Crippen LogP contribution in [0.4, 0.5) is 0 Å². The number of aliphatic hydroxyl groups excluding tert-OH is 1. The molecular weight excluding hydrogens is 196 g/mol. The molecule has 0 saturated carbocycles. The van der Waals surface area contributed by atoms with Crippen molar-refractivity contribution in [3.8, 4) is 0 Å². The third-order valence-corrected chi connectivity index (χ3v) is 2.46. The fourth-order valence-corrected chi connectivity index (χ4v) is 1.83. The van der Waals surface area contributed by atoms with Crippen LogP contribution in [0.5, 0.6) is 0 Å². The number of hydrogen-bond donors (Lipinski definition) is 1. The van der Waals surface area contributed by atoms with Gasteiger partial charge in [-0.3, -0.25) is 0 Å².